The largest absolute Gasteiger partial charge is 0.573 e. The minimum absolute atomic E-state index is 0.162. The van der Waals surface area contributed by atoms with Gasteiger partial charge in [0.05, 0.1) is 18.0 Å². The van der Waals surface area contributed by atoms with Crippen LogP contribution in [0.3, 0.4) is 0 Å². The van der Waals surface area contributed by atoms with Gasteiger partial charge in [0.15, 0.2) is 5.82 Å². The molecule has 0 saturated heterocycles. The first-order valence-corrected chi connectivity index (χ1v) is 10.2. The molecule has 3 aromatic rings. The maximum absolute atomic E-state index is 12.3. The molecule has 2 aromatic carbocycles. The topological polar surface area (TPSA) is 52.4 Å². The summed E-state index contributed by atoms with van der Waals surface area (Å²) < 4.78 is 48.0. The predicted molar refractivity (Wildman–Crippen MR) is 116 cm³/mol. The molecule has 0 radical (unpaired) electrons. The Morgan fingerprint density at radius 1 is 0.969 bits per heavy atom. The van der Waals surface area contributed by atoms with Crippen LogP contribution in [0, 0.1) is 0 Å². The van der Waals surface area contributed by atoms with Crippen molar-refractivity contribution in [2.75, 3.05) is 20.3 Å². The van der Waals surface area contributed by atoms with Crippen molar-refractivity contribution in [3.63, 3.8) is 0 Å². The minimum Gasteiger partial charge on any atom is -0.406 e. The maximum Gasteiger partial charge on any atom is 0.573 e. The molecular formula is C23H27F3N4O2. The van der Waals surface area contributed by atoms with Gasteiger partial charge >= 0.3 is 6.36 Å². The number of benzene rings is 2. The number of hydrogen-bond donors (Lipinski definition) is 0. The predicted octanol–water partition coefficient (Wildman–Crippen LogP) is 5.08. The summed E-state index contributed by atoms with van der Waals surface area (Å²) in [4.78, 5) is 6.44. The lowest BCUT2D eigenvalue weighted by Crippen LogP contribution is -2.30. The molecule has 0 unspecified atom stereocenters. The van der Waals surface area contributed by atoms with Crippen LogP contribution in [0.15, 0.2) is 54.9 Å². The van der Waals surface area contributed by atoms with E-state index in [0.29, 0.717) is 18.2 Å². The molecule has 0 amide bonds. The first-order valence-electron chi connectivity index (χ1n) is 10.2. The first kappa shape index (κ1) is 23.7. The molecule has 172 valence electrons. The summed E-state index contributed by atoms with van der Waals surface area (Å²) in [5.74, 6) is 0.246. The van der Waals surface area contributed by atoms with Crippen molar-refractivity contribution in [1.29, 1.82) is 0 Å². The van der Waals surface area contributed by atoms with Crippen LogP contribution < -0.4 is 4.74 Å². The van der Waals surface area contributed by atoms with E-state index in [4.69, 9.17) is 4.74 Å². The first-order chi connectivity index (χ1) is 15.0. The number of hydrogen-bond acceptors (Lipinski definition) is 5. The molecule has 0 bridgehead atoms. The number of likely N-dealkylation sites (N-methyl/N-ethyl adjacent to an activating group) is 1. The highest BCUT2D eigenvalue weighted by atomic mass is 19.4. The van der Waals surface area contributed by atoms with E-state index in [1.54, 1.807) is 0 Å². The highest BCUT2D eigenvalue weighted by Crippen LogP contribution is 2.24. The fraction of sp³-hybridized carbons (Fsp3) is 0.391. The Hall–Kier alpha value is -2.91. The minimum atomic E-state index is -4.72. The Morgan fingerprint density at radius 2 is 1.62 bits per heavy atom. The third kappa shape index (κ3) is 7.35. The lowest BCUT2D eigenvalue weighted by molar-refractivity contribution is -0.274. The van der Waals surface area contributed by atoms with E-state index in [2.05, 4.69) is 19.7 Å². The summed E-state index contributed by atoms with van der Waals surface area (Å²) in [7, 11) is 2.03. The average molecular weight is 448 g/mol. The Balaban J connectivity index is 1.58. The van der Waals surface area contributed by atoms with Crippen LogP contribution in [-0.2, 0) is 11.2 Å². The van der Waals surface area contributed by atoms with Gasteiger partial charge in [0.25, 0.3) is 0 Å². The van der Waals surface area contributed by atoms with Gasteiger partial charge in [0, 0.05) is 12.1 Å². The van der Waals surface area contributed by atoms with E-state index in [1.165, 1.54) is 40.8 Å². The molecule has 1 heterocycles. The van der Waals surface area contributed by atoms with E-state index in [9.17, 15) is 13.2 Å². The van der Waals surface area contributed by atoms with E-state index in [-0.39, 0.29) is 11.4 Å². The van der Waals surface area contributed by atoms with Gasteiger partial charge in [0.2, 0.25) is 0 Å². The zero-order valence-electron chi connectivity index (χ0n) is 18.6. The molecule has 0 fully saturated rings. The number of alkyl halides is 3. The van der Waals surface area contributed by atoms with Gasteiger partial charge in [-0.3, -0.25) is 4.90 Å². The van der Waals surface area contributed by atoms with Crippen LogP contribution in [0.2, 0.25) is 0 Å². The molecule has 3 rings (SSSR count). The number of halogens is 3. The molecule has 1 aromatic heterocycles. The van der Waals surface area contributed by atoms with Gasteiger partial charge in [-0.25, -0.2) is 9.67 Å². The molecule has 0 atom stereocenters. The monoisotopic (exact) mass is 448 g/mol. The Labute approximate surface area is 185 Å². The second kappa shape index (κ2) is 9.70. The van der Waals surface area contributed by atoms with Crippen molar-refractivity contribution in [3.05, 3.63) is 60.4 Å². The lowest BCUT2D eigenvalue weighted by atomic mass is 10.1. The summed E-state index contributed by atoms with van der Waals surface area (Å²) in [6.45, 7) is 7.55. The summed E-state index contributed by atoms with van der Waals surface area (Å²) in [6.07, 6.45) is -2.31. The van der Waals surface area contributed by atoms with Gasteiger partial charge in [-0.05, 0) is 64.1 Å². The average Bonchev–Trinajstić information content (AvgIpc) is 3.20. The fourth-order valence-electron chi connectivity index (χ4n) is 2.83. The van der Waals surface area contributed by atoms with Crippen LogP contribution in [0.25, 0.3) is 17.1 Å². The smallest absolute Gasteiger partial charge is 0.406 e. The second-order valence-electron chi connectivity index (χ2n) is 8.47. The van der Waals surface area contributed by atoms with Crippen molar-refractivity contribution < 1.29 is 22.6 Å². The Kier molecular flexibility index (Phi) is 7.20. The van der Waals surface area contributed by atoms with E-state index in [0.717, 1.165) is 18.5 Å². The maximum atomic E-state index is 12.3. The molecule has 0 aliphatic carbocycles. The molecule has 6 nitrogen and oxygen atoms in total. The highest BCUT2D eigenvalue weighted by Gasteiger charge is 2.31. The lowest BCUT2D eigenvalue weighted by Gasteiger charge is -2.24. The van der Waals surface area contributed by atoms with E-state index in [1.807, 2.05) is 52.1 Å². The van der Waals surface area contributed by atoms with Crippen LogP contribution in [0.1, 0.15) is 26.3 Å². The molecule has 0 spiro atoms. The zero-order chi connectivity index (χ0) is 23.4. The SMILES string of the molecule is CN(CCc1ccc(-c2ncn(-c3ccc(OC(F)(F)F)cc3)n2)cc1)COC(C)(C)C. The summed E-state index contributed by atoms with van der Waals surface area (Å²) >= 11 is 0. The fourth-order valence-corrected chi connectivity index (χ4v) is 2.83. The van der Waals surface area contributed by atoms with Gasteiger partial charge in [-0.1, -0.05) is 24.3 Å². The zero-order valence-corrected chi connectivity index (χ0v) is 18.6. The van der Waals surface area contributed by atoms with Crippen LogP contribution in [0.4, 0.5) is 13.2 Å². The quantitative estimate of drug-likeness (QED) is 0.450. The van der Waals surface area contributed by atoms with Gasteiger partial charge in [0.1, 0.15) is 12.1 Å². The van der Waals surface area contributed by atoms with Gasteiger partial charge in [-0.15, -0.1) is 18.3 Å². The van der Waals surface area contributed by atoms with Crippen molar-refractivity contribution in [1.82, 2.24) is 19.7 Å². The molecule has 0 aliphatic heterocycles. The van der Waals surface area contributed by atoms with Crippen LogP contribution >= 0.6 is 0 Å². The number of nitrogens with zero attached hydrogens (tertiary/aromatic N) is 4. The highest BCUT2D eigenvalue weighted by molar-refractivity contribution is 5.55. The van der Waals surface area contributed by atoms with E-state index >= 15 is 0 Å². The third-order valence-corrected chi connectivity index (χ3v) is 4.54. The van der Waals surface area contributed by atoms with Gasteiger partial charge < -0.3 is 9.47 Å². The number of ether oxygens (including phenoxy) is 2. The molecule has 0 aliphatic rings. The second-order valence-corrected chi connectivity index (χ2v) is 8.47. The van der Waals surface area contributed by atoms with Crippen LogP contribution in [0.5, 0.6) is 5.75 Å². The van der Waals surface area contributed by atoms with Crippen LogP contribution in [-0.4, -0.2) is 52.0 Å². The van der Waals surface area contributed by atoms with Crippen molar-refractivity contribution in [2.24, 2.45) is 0 Å². The standard InChI is InChI=1S/C23H27F3N4O2/c1-22(2,3)31-16-29(4)14-13-17-5-7-18(8-6-17)21-27-15-30(28-21)19-9-11-20(12-10-19)32-23(24,25)26/h5-12,15H,13-14,16H2,1-4H3. The summed E-state index contributed by atoms with van der Waals surface area (Å²) in [5.41, 5.74) is 2.46. The normalized spacial score (nSPS) is 12.4. The number of aromatic nitrogens is 3. The van der Waals surface area contributed by atoms with Crippen molar-refractivity contribution in [3.8, 4) is 22.8 Å². The Morgan fingerprint density at radius 3 is 2.22 bits per heavy atom. The molecule has 32 heavy (non-hydrogen) atoms. The third-order valence-electron chi connectivity index (χ3n) is 4.54. The molecule has 0 N–H and O–H groups in total. The molecule has 9 heteroatoms. The summed E-state index contributed by atoms with van der Waals surface area (Å²) in [5, 5.41) is 4.42. The molecule has 0 saturated carbocycles. The molecular weight excluding hydrogens is 421 g/mol. The summed E-state index contributed by atoms with van der Waals surface area (Å²) in [6, 6.07) is 13.5. The van der Waals surface area contributed by atoms with E-state index < -0.39 is 6.36 Å². The van der Waals surface area contributed by atoms with Crippen molar-refractivity contribution >= 4 is 0 Å². The Bertz CT molecular complexity index is 994. The number of rotatable bonds is 8. The van der Waals surface area contributed by atoms with Crippen molar-refractivity contribution in [2.45, 2.75) is 39.2 Å². The van der Waals surface area contributed by atoms with Gasteiger partial charge in [-0.2, -0.15) is 0 Å².